The van der Waals surface area contributed by atoms with Crippen molar-refractivity contribution in [1.82, 2.24) is 9.29 Å². The summed E-state index contributed by atoms with van der Waals surface area (Å²) in [5.41, 5.74) is 4.88. The zero-order valence-electron chi connectivity index (χ0n) is 18.6. The summed E-state index contributed by atoms with van der Waals surface area (Å²) >= 11 is 7.00. The van der Waals surface area contributed by atoms with Gasteiger partial charge in [0, 0.05) is 11.1 Å². The Labute approximate surface area is 202 Å². The highest BCUT2D eigenvalue weighted by Gasteiger charge is 2.22. The van der Waals surface area contributed by atoms with Gasteiger partial charge in [-0.2, -0.15) is 0 Å². The molecule has 0 amide bonds. The van der Waals surface area contributed by atoms with Gasteiger partial charge in [0.1, 0.15) is 0 Å². The van der Waals surface area contributed by atoms with Crippen molar-refractivity contribution in [2.75, 3.05) is 0 Å². The minimum absolute atomic E-state index is 0.135. The molecule has 0 aliphatic rings. The number of fused-ring (bicyclic) bond motifs is 1. The van der Waals surface area contributed by atoms with Gasteiger partial charge in [-0.25, -0.2) is 13.1 Å². The summed E-state index contributed by atoms with van der Waals surface area (Å²) in [4.78, 5) is 12.6. The fraction of sp³-hybridized carbons (Fsp3) is 0.240. The normalized spacial score (nSPS) is 12.8. The van der Waals surface area contributed by atoms with Gasteiger partial charge in [-0.05, 0) is 72.9 Å². The molecule has 1 N–H and O–H groups in total. The van der Waals surface area contributed by atoms with E-state index in [4.69, 9.17) is 11.6 Å². The van der Waals surface area contributed by atoms with Crippen LogP contribution >= 0.6 is 22.9 Å². The number of aryl methyl sites for hydroxylation is 2. The first-order valence-corrected chi connectivity index (χ1v) is 13.3. The van der Waals surface area contributed by atoms with Crippen molar-refractivity contribution in [1.29, 1.82) is 0 Å². The summed E-state index contributed by atoms with van der Waals surface area (Å²) in [7, 11) is -3.77. The summed E-state index contributed by atoms with van der Waals surface area (Å²) in [6, 6.07) is 17.8. The van der Waals surface area contributed by atoms with Crippen LogP contribution in [0.2, 0.25) is 5.02 Å². The molecule has 33 heavy (non-hydrogen) atoms. The second-order valence-electron chi connectivity index (χ2n) is 8.14. The lowest BCUT2D eigenvalue weighted by molar-refractivity contribution is 0.550. The Balaban J connectivity index is 1.64. The van der Waals surface area contributed by atoms with E-state index in [0.717, 1.165) is 28.0 Å². The third-order valence-electron chi connectivity index (χ3n) is 5.84. The first kappa shape index (κ1) is 23.7. The number of aromatic nitrogens is 1. The zero-order chi connectivity index (χ0) is 23.8. The van der Waals surface area contributed by atoms with Crippen LogP contribution in [0, 0.1) is 13.8 Å². The first-order valence-electron chi connectivity index (χ1n) is 10.7. The van der Waals surface area contributed by atoms with E-state index in [9.17, 15) is 13.2 Å². The van der Waals surface area contributed by atoms with Crippen molar-refractivity contribution in [2.45, 2.75) is 44.7 Å². The first-order chi connectivity index (χ1) is 15.7. The van der Waals surface area contributed by atoms with Crippen LogP contribution in [0.3, 0.4) is 0 Å². The van der Waals surface area contributed by atoms with Crippen molar-refractivity contribution in [3.8, 4) is 0 Å². The highest BCUT2D eigenvalue weighted by Crippen LogP contribution is 2.26. The second-order valence-corrected chi connectivity index (χ2v) is 11.3. The Kier molecular flexibility index (Phi) is 6.77. The number of benzene rings is 3. The highest BCUT2D eigenvalue weighted by molar-refractivity contribution is 7.89. The number of sulfonamides is 1. The van der Waals surface area contributed by atoms with E-state index in [2.05, 4.69) is 4.72 Å². The Hall–Kier alpha value is -2.45. The maximum Gasteiger partial charge on any atom is 0.308 e. The summed E-state index contributed by atoms with van der Waals surface area (Å²) in [5, 5.41) is 0.634. The standard InChI is InChI=1S/C25H25ClN2O3S2/c1-4-22(19-8-5-16(2)17(3)13-19)27-33(30,31)21-11-12-23-24(14-21)32-25(29)28(23)15-18-6-9-20(26)10-7-18/h5-14,22,27H,4,15H2,1-3H3/t22-/m1/s1. The largest absolute Gasteiger partial charge is 0.308 e. The van der Waals surface area contributed by atoms with Gasteiger partial charge in [0.05, 0.1) is 21.7 Å². The quantitative estimate of drug-likeness (QED) is 0.348. The van der Waals surface area contributed by atoms with Crippen molar-refractivity contribution < 1.29 is 8.42 Å². The molecule has 5 nitrogen and oxygen atoms in total. The van der Waals surface area contributed by atoms with Crippen LogP contribution in [-0.2, 0) is 16.6 Å². The molecule has 0 fully saturated rings. The molecule has 0 saturated heterocycles. The average molecular weight is 501 g/mol. The molecular formula is C25H25ClN2O3S2. The van der Waals surface area contributed by atoms with Crippen LogP contribution < -0.4 is 9.60 Å². The van der Waals surface area contributed by atoms with E-state index >= 15 is 0 Å². The SMILES string of the molecule is CC[C@@H](NS(=O)(=O)c1ccc2c(c1)sc(=O)n2Cc1ccc(Cl)cc1)c1ccc(C)c(C)c1. The summed E-state index contributed by atoms with van der Waals surface area (Å²) in [6.45, 7) is 6.40. The highest BCUT2D eigenvalue weighted by atomic mass is 35.5. The molecule has 0 aliphatic heterocycles. The molecule has 0 bridgehead atoms. The maximum absolute atomic E-state index is 13.2. The third-order valence-corrected chi connectivity index (χ3v) is 8.51. The lowest BCUT2D eigenvalue weighted by atomic mass is 10.0. The van der Waals surface area contributed by atoms with Gasteiger partial charge < -0.3 is 0 Å². The van der Waals surface area contributed by atoms with Crippen molar-refractivity contribution in [3.63, 3.8) is 0 Å². The van der Waals surface area contributed by atoms with Crippen molar-refractivity contribution >= 4 is 43.2 Å². The predicted octanol–water partition coefficient (Wildman–Crippen LogP) is 5.81. The fourth-order valence-corrected chi connectivity index (χ4v) is 6.22. The summed E-state index contributed by atoms with van der Waals surface area (Å²) in [5.74, 6) is 0. The van der Waals surface area contributed by atoms with E-state index in [1.807, 2.05) is 51.1 Å². The molecule has 0 radical (unpaired) electrons. The summed E-state index contributed by atoms with van der Waals surface area (Å²) in [6.07, 6.45) is 0.620. The molecule has 1 heterocycles. The van der Waals surface area contributed by atoms with E-state index in [-0.39, 0.29) is 15.8 Å². The minimum Gasteiger partial charge on any atom is -0.294 e. The number of hydrogen-bond acceptors (Lipinski definition) is 4. The maximum atomic E-state index is 13.2. The van der Waals surface area contributed by atoms with Gasteiger partial charge in [-0.3, -0.25) is 9.36 Å². The monoisotopic (exact) mass is 500 g/mol. The fourth-order valence-electron chi connectivity index (χ4n) is 3.76. The summed E-state index contributed by atoms with van der Waals surface area (Å²) < 4.78 is 31.5. The lowest BCUT2D eigenvalue weighted by Gasteiger charge is -2.19. The van der Waals surface area contributed by atoms with E-state index in [0.29, 0.717) is 28.2 Å². The van der Waals surface area contributed by atoms with E-state index in [1.54, 1.807) is 34.9 Å². The molecular weight excluding hydrogens is 476 g/mol. The van der Waals surface area contributed by atoms with Gasteiger partial charge in [-0.15, -0.1) is 0 Å². The average Bonchev–Trinajstić information content (AvgIpc) is 3.10. The topological polar surface area (TPSA) is 68.2 Å². The molecule has 4 aromatic rings. The number of nitrogens with zero attached hydrogens (tertiary/aromatic N) is 1. The molecule has 1 atom stereocenters. The molecule has 0 unspecified atom stereocenters. The van der Waals surface area contributed by atoms with Gasteiger partial charge >= 0.3 is 4.87 Å². The Bertz CT molecular complexity index is 1470. The lowest BCUT2D eigenvalue weighted by Crippen LogP contribution is -2.28. The van der Waals surface area contributed by atoms with Crippen LogP contribution in [0.5, 0.6) is 0 Å². The molecule has 0 saturated carbocycles. The van der Waals surface area contributed by atoms with Crippen LogP contribution in [0.1, 0.15) is 41.6 Å². The predicted molar refractivity (Wildman–Crippen MR) is 136 cm³/mol. The number of rotatable bonds is 7. The molecule has 0 aliphatic carbocycles. The molecule has 8 heteroatoms. The van der Waals surface area contributed by atoms with Gasteiger partial charge in [-0.1, -0.05) is 60.2 Å². The second kappa shape index (κ2) is 9.43. The molecule has 0 spiro atoms. The number of halogens is 1. The number of hydrogen-bond donors (Lipinski definition) is 1. The van der Waals surface area contributed by atoms with Gasteiger partial charge in [0.15, 0.2) is 0 Å². The Morgan fingerprint density at radius 2 is 1.73 bits per heavy atom. The van der Waals surface area contributed by atoms with Crippen LogP contribution in [-0.4, -0.2) is 13.0 Å². The molecule has 4 rings (SSSR count). The minimum atomic E-state index is -3.77. The van der Waals surface area contributed by atoms with E-state index in [1.165, 1.54) is 5.56 Å². The van der Waals surface area contributed by atoms with Gasteiger partial charge in [0.2, 0.25) is 10.0 Å². The van der Waals surface area contributed by atoms with Crippen LogP contribution in [0.15, 0.2) is 70.4 Å². The molecule has 172 valence electrons. The Morgan fingerprint density at radius 3 is 2.39 bits per heavy atom. The van der Waals surface area contributed by atoms with Crippen molar-refractivity contribution in [3.05, 3.63) is 97.6 Å². The molecule has 1 aromatic heterocycles. The Morgan fingerprint density at radius 1 is 1.00 bits per heavy atom. The number of nitrogens with one attached hydrogen (secondary N) is 1. The molecule has 3 aromatic carbocycles. The van der Waals surface area contributed by atoms with Crippen LogP contribution in [0.4, 0.5) is 0 Å². The van der Waals surface area contributed by atoms with Crippen molar-refractivity contribution in [2.24, 2.45) is 0 Å². The van der Waals surface area contributed by atoms with E-state index < -0.39 is 10.0 Å². The third kappa shape index (κ3) is 5.06. The van der Waals surface area contributed by atoms with Crippen LogP contribution in [0.25, 0.3) is 10.2 Å². The van der Waals surface area contributed by atoms with Gasteiger partial charge in [0.25, 0.3) is 0 Å². The number of thiazole rings is 1. The smallest absolute Gasteiger partial charge is 0.294 e. The zero-order valence-corrected chi connectivity index (χ0v) is 21.0.